The van der Waals surface area contributed by atoms with Crippen molar-refractivity contribution in [2.45, 2.75) is 13.5 Å². The Morgan fingerprint density at radius 3 is 2.52 bits per heavy atom. The van der Waals surface area contributed by atoms with Gasteiger partial charge in [0.15, 0.2) is 30.5 Å². The number of Topliss-reactive ketones (excluding diaryl/α,β-unsaturated/α-hetero) is 1. The molecule has 27 heavy (non-hydrogen) atoms. The Balaban J connectivity index is 1.80. The van der Waals surface area contributed by atoms with E-state index in [0.29, 0.717) is 23.6 Å². The summed E-state index contributed by atoms with van der Waals surface area (Å²) in [5.41, 5.74) is 0.473. The molecular formula is C19H21NO6S. The van der Waals surface area contributed by atoms with E-state index in [0.717, 1.165) is 4.88 Å². The number of thiophene rings is 1. The van der Waals surface area contributed by atoms with Gasteiger partial charge in [-0.25, -0.2) is 4.79 Å². The highest BCUT2D eigenvalue weighted by molar-refractivity contribution is 7.09. The first-order valence-electron chi connectivity index (χ1n) is 8.14. The molecule has 1 amide bonds. The first-order valence-corrected chi connectivity index (χ1v) is 9.02. The van der Waals surface area contributed by atoms with Crippen LogP contribution in [-0.2, 0) is 20.9 Å². The van der Waals surface area contributed by atoms with Crippen LogP contribution in [0, 0.1) is 0 Å². The van der Waals surface area contributed by atoms with Crippen molar-refractivity contribution >= 4 is 29.0 Å². The second kappa shape index (κ2) is 9.72. The quantitative estimate of drug-likeness (QED) is 0.483. The number of likely N-dealkylation sites (N-methyl/N-ethyl adjacent to an activating group) is 1. The van der Waals surface area contributed by atoms with Crippen LogP contribution in [0.4, 0.5) is 0 Å². The van der Waals surface area contributed by atoms with E-state index in [1.807, 2.05) is 17.5 Å². The molecule has 0 aliphatic carbocycles. The lowest BCUT2D eigenvalue weighted by molar-refractivity contribution is -0.153. The average Bonchev–Trinajstić information content (AvgIpc) is 3.16. The van der Waals surface area contributed by atoms with Crippen molar-refractivity contribution in [3.05, 3.63) is 46.2 Å². The van der Waals surface area contributed by atoms with Gasteiger partial charge in [0.1, 0.15) is 0 Å². The van der Waals surface area contributed by atoms with Gasteiger partial charge in [0.2, 0.25) is 0 Å². The molecule has 7 nitrogen and oxygen atoms in total. The van der Waals surface area contributed by atoms with Gasteiger partial charge >= 0.3 is 5.97 Å². The Hall–Kier alpha value is -2.87. The minimum Gasteiger partial charge on any atom is -0.493 e. The Labute approximate surface area is 161 Å². The van der Waals surface area contributed by atoms with Gasteiger partial charge in [-0.1, -0.05) is 6.07 Å². The van der Waals surface area contributed by atoms with Gasteiger partial charge < -0.3 is 19.1 Å². The molecule has 1 heterocycles. The molecule has 0 aliphatic rings. The van der Waals surface area contributed by atoms with Crippen molar-refractivity contribution in [2.24, 2.45) is 0 Å². The monoisotopic (exact) mass is 391 g/mol. The maximum Gasteiger partial charge on any atom is 0.344 e. The molecule has 8 heteroatoms. The summed E-state index contributed by atoms with van der Waals surface area (Å²) in [5, 5.41) is 1.93. The van der Waals surface area contributed by atoms with E-state index in [1.165, 1.54) is 25.0 Å². The molecule has 0 spiro atoms. The number of ketones is 1. The zero-order valence-electron chi connectivity index (χ0n) is 15.4. The predicted molar refractivity (Wildman–Crippen MR) is 100 cm³/mol. The lowest BCUT2D eigenvalue weighted by atomic mass is 10.1. The fraction of sp³-hybridized carbons (Fsp3) is 0.316. The van der Waals surface area contributed by atoms with Gasteiger partial charge in [0.25, 0.3) is 5.91 Å². The van der Waals surface area contributed by atoms with Crippen molar-refractivity contribution in [1.82, 2.24) is 4.90 Å². The highest BCUT2D eigenvalue weighted by Crippen LogP contribution is 2.28. The molecule has 2 aromatic rings. The molecule has 2 rings (SSSR count). The summed E-state index contributed by atoms with van der Waals surface area (Å²) < 4.78 is 15.5. The highest BCUT2D eigenvalue weighted by atomic mass is 32.1. The van der Waals surface area contributed by atoms with Crippen LogP contribution >= 0.6 is 11.3 Å². The number of esters is 1. The van der Waals surface area contributed by atoms with E-state index in [-0.39, 0.29) is 24.9 Å². The summed E-state index contributed by atoms with van der Waals surface area (Å²) in [4.78, 5) is 37.8. The summed E-state index contributed by atoms with van der Waals surface area (Å²) in [7, 11) is 3.08. The van der Waals surface area contributed by atoms with E-state index < -0.39 is 5.97 Å². The molecule has 0 N–H and O–H groups in total. The van der Waals surface area contributed by atoms with Gasteiger partial charge in [-0.15, -0.1) is 11.3 Å². The fourth-order valence-electron chi connectivity index (χ4n) is 2.16. The number of benzene rings is 1. The maximum absolute atomic E-state index is 12.0. The molecule has 0 atom stereocenters. The van der Waals surface area contributed by atoms with Crippen LogP contribution in [0.5, 0.6) is 11.5 Å². The second-order valence-electron chi connectivity index (χ2n) is 5.70. The summed E-state index contributed by atoms with van der Waals surface area (Å²) in [6.45, 7) is 1.17. The van der Waals surface area contributed by atoms with Crippen LogP contribution in [0.2, 0.25) is 0 Å². The smallest absolute Gasteiger partial charge is 0.344 e. The molecule has 0 radical (unpaired) electrons. The van der Waals surface area contributed by atoms with Gasteiger partial charge in [0, 0.05) is 17.5 Å². The van der Waals surface area contributed by atoms with Gasteiger partial charge in [0.05, 0.1) is 13.7 Å². The van der Waals surface area contributed by atoms with Crippen molar-refractivity contribution in [2.75, 3.05) is 27.4 Å². The molecule has 0 fully saturated rings. The zero-order chi connectivity index (χ0) is 19.8. The molecule has 1 aromatic heterocycles. The number of methoxy groups -OCH3 is 1. The number of rotatable bonds is 9. The third-order valence-corrected chi connectivity index (χ3v) is 4.53. The van der Waals surface area contributed by atoms with E-state index in [1.54, 1.807) is 30.5 Å². The molecule has 0 saturated heterocycles. The summed E-state index contributed by atoms with van der Waals surface area (Å²) >= 11 is 1.55. The van der Waals surface area contributed by atoms with Crippen molar-refractivity contribution in [3.8, 4) is 11.5 Å². The average molecular weight is 391 g/mol. The normalized spacial score (nSPS) is 10.2. The second-order valence-corrected chi connectivity index (χ2v) is 6.73. The van der Waals surface area contributed by atoms with Gasteiger partial charge in [-0.2, -0.15) is 0 Å². The SMILES string of the molecule is COc1cc(C(C)=O)ccc1OCC(=O)OCC(=O)N(C)Cc1cccs1. The van der Waals surface area contributed by atoms with Crippen LogP contribution in [-0.4, -0.2) is 49.9 Å². The number of hydrogen-bond donors (Lipinski definition) is 0. The summed E-state index contributed by atoms with van der Waals surface area (Å²) in [6.07, 6.45) is 0. The van der Waals surface area contributed by atoms with Gasteiger partial charge in [-0.3, -0.25) is 9.59 Å². The maximum atomic E-state index is 12.0. The number of carbonyl (C=O) groups is 3. The standard InChI is InChI=1S/C19H21NO6S/c1-13(21)14-6-7-16(17(9-14)24-3)25-12-19(23)26-11-18(22)20(2)10-15-5-4-8-27-15/h4-9H,10-12H2,1-3H3. The Kier molecular flexibility index (Phi) is 7.36. The lowest BCUT2D eigenvalue weighted by Crippen LogP contribution is -2.31. The van der Waals surface area contributed by atoms with Crippen LogP contribution in [0.3, 0.4) is 0 Å². The highest BCUT2D eigenvalue weighted by Gasteiger charge is 2.15. The van der Waals surface area contributed by atoms with Crippen LogP contribution in [0.15, 0.2) is 35.7 Å². The fourth-order valence-corrected chi connectivity index (χ4v) is 2.92. The van der Waals surface area contributed by atoms with Crippen molar-refractivity contribution in [1.29, 1.82) is 0 Å². The Morgan fingerprint density at radius 1 is 1.11 bits per heavy atom. The third-order valence-electron chi connectivity index (χ3n) is 3.67. The first-order chi connectivity index (χ1) is 12.9. The number of carbonyl (C=O) groups excluding carboxylic acids is 3. The largest absolute Gasteiger partial charge is 0.493 e. The van der Waals surface area contributed by atoms with Gasteiger partial charge in [-0.05, 0) is 36.6 Å². The van der Waals surface area contributed by atoms with E-state index in [2.05, 4.69) is 0 Å². The summed E-state index contributed by atoms with van der Waals surface area (Å²) in [6, 6.07) is 8.50. The lowest BCUT2D eigenvalue weighted by Gasteiger charge is -2.16. The molecule has 1 aromatic carbocycles. The molecule has 0 unspecified atom stereocenters. The number of ether oxygens (including phenoxy) is 3. The molecule has 0 saturated carbocycles. The first kappa shape index (κ1) is 20.4. The topological polar surface area (TPSA) is 82.1 Å². The zero-order valence-corrected chi connectivity index (χ0v) is 16.2. The number of amides is 1. The number of hydrogen-bond acceptors (Lipinski definition) is 7. The Bertz CT molecular complexity index is 803. The third kappa shape index (κ3) is 6.10. The van der Waals surface area contributed by atoms with Crippen LogP contribution in [0.25, 0.3) is 0 Å². The molecule has 144 valence electrons. The molecule has 0 aliphatic heterocycles. The minimum atomic E-state index is -0.675. The minimum absolute atomic E-state index is 0.107. The Morgan fingerprint density at radius 2 is 1.89 bits per heavy atom. The number of nitrogens with zero attached hydrogens (tertiary/aromatic N) is 1. The molecule has 0 bridgehead atoms. The predicted octanol–water partition coefficient (Wildman–Crippen LogP) is 2.54. The van der Waals surface area contributed by atoms with E-state index >= 15 is 0 Å². The van der Waals surface area contributed by atoms with Crippen LogP contribution in [0.1, 0.15) is 22.2 Å². The van der Waals surface area contributed by atoms with E-state index in [4.69, 9.17) is 14.2 Å². The van der Waals surface area contributed by atoms with Crippen molar-refractivity contribution in [3.63, 3.8) is 0 Å². The molecular weight excluding hydrogens is 370 g/mol. The summed E-state index contributed by atoms with van der Waals surface area (Å²) in [5.74, 6) is -0.446. The van der Waals surface area contributed by atoms with E-state index in [9.17, 15) is 14.4 Å². The van der Waals surface area contributed by atoms with Crippen molar-refractivity contribution < 1.29 is 28.6 Å². The van der Waals surface area contributed by atoms with Crippen LogP contribution < -0.4 is 9.47 Å².